The molecule has 0 saturated carbocycles. The van der Waals surface area contributed by atoms with Crippen molar-refractivity contribution in [2.24, 2.45) is 0 Å². The highest BCUT2D eigenvalue weighted by molar-refractivity contribution is 9.10. The van der Waals surface area contributed by atoms with E-state index < -0.39 is 5.97 Å². The maximum Gasteiger partial charge on any atom is 0.339 e. The van der Waals surface area contributed by atoms with Crippen LogP contribution in [-0.2, 0) is 4.74 Å². The van der Waals surface area contributed by atoms with Gasteiger partial charge in [0, 0.05) is 10.0 Å². The van der Waals surface area contributed by atoms with E-state index in [4.69, 9.17) is 0 Å². The monoisotopic (exact) mass is 256 g/mol. The van der Waals surface area contributed by atoms with Crippen LogP contribution in [0.4, 0.5) is 0 Å². The summed E-state index contributed by atoms with van der Waals surface area (Å²) in [5.41, 5.74) is 1.40. The zero-order valence-electron chi connectivity index (χ0n) is 7.83. The molecule has 0 aromatic heterocycles. The molecule has 0 spiro atoms. The zero-order chi connectivity index (χ0) is 10.7. The Balaban J connectivity index is 3.44. The fourth-order valence-corrected chi connectivity index (χ4v) is 1.67. The third kappa shape index (κ3) is 1.85. The average molecular weight is 257 g/mol. The molecule has 1 aromatic rings. The second-order valence-electron chi connectivity index (χ2n) is 2.76. The van der Waals surface area contributed by atoms with Gasteiger partial charge in [0.15, 0.2) is 6.29 Å². The van der Waals surface area contributed by atoms with Crippen LogP contribution in [-0.4, -0.2) is 19.4 Å². The minimum absolute atomic E-state index is 0.280. The van der Waals surface area contributed by atoms with E-state index in [9.17, 15) is 9.59 Å². The summed E-state index contributed by atoms with van der Waals surface area (Å²) in [5, 5.41) is 0. The van der Waals surface area contributed by atoms with Gasteiger partial charge in [-0.15, -0.1) is 0 Å². The van der Waals surface area contributed by atoms with Gasteiger partial charge in [0.2, 0.25) is 0 Å². The maximum absolute atomic E-state index is 11.4. The summed E-state index contributed by atoms with van der Waals surface area (Å²) in [6.07, 6.45) is 0.659. The van der Waals surface area contributed by atoms with Gasteiger partial charge < -0.3 is 4.74 Å². The number of hydrogen-bond donors (Lipinski definition) is 0. The highest BCUT2D eigenvalue weighted by Gasteiger charge is 2.16. The number of carbonyl (C=O) groups is 2. The molecule has 0 aliphatic rings. The minimum atomic E-state index is -0.511. The van der Waals surface area contributed by atoms with E-state index in [1.54, 1.807) is 19.1 Å². The van der Waals surface area contributed by atoms with Gasteiger partial charge in [-0.1, -0.05) is 6.07 Å². The van der Waals surface area contributed by atoms with E-state index in [1.807, 2.05) is 0 Å². The molecule has 0 heterocycles. The lowest BCUT2D eigenvalue weighted by molar-refractivity contribution is 0.0597. The van der Waals surface area contributed by atoms with Crippen molar-refractivity contribution in [3.63, 3.8) is 0 Å². The van der Waals surface area contributed by atoms with Gasteiger partial charge in [-0.2, -0.15) is 0 Å². The molecule has 0 N–H and O–H groups in total. The van der Waals surface area contributed by atoms with Crippen LogP contribution >= 0.6 is 15.9 Å². The lowest BCUT2D eigenvalue weighted by Gasteiger charge is -2.07. The number of hydrogen-bond acceptors (Lipinski definition) is 3. The van der Waals surface area contributed by atoms with Crippen LogP contribution in [0.25, 0.3) is 0 Å². The molecule has 0 unspecified atom stereocenters. The molecule has 0 aliphatic heterocycles. The highest BCUT2D eigenvalue weighted by atomic mass is 79.9. The van der Waals surface area contributed by atoms with Crippen molar-refractivity contribution in [2.45, 2.75) is 6.92 Å². The van der Waals surface area contributed by atoms with E-state index >= 15 is 0 Å². The van der Waals surface area contributed by atoms with Crippen LogP contribution in [0.15, 0.2) is 16.6 Å². The first-order valence-electron chi connectivity index (χ1n) is 3.94. The molecule has 0 radical (unpaired) electrons. The number of carbonyl (C=O) groups excluding carboxylic acids is 2. The van der Waals surface area contributed by atoms with Gasteiger partial charge in [-0.3, -0.25) is 4.79 Å². The second kappa shape index (κ2) is 4.37. The van der Waals surface area contributed by atoms with Crippen molar-refractivity contribution in [1.29, 1.82) is 0 Å². The van der Waals surface area contributed by atoms with Gasteiger partial charge in [-0.05, 0) is 34.5 Å². The predicted molar refractivity (Wildman–Crippen MR) is 55.6 cm³/mol. The molecular weight excluding hydrogens is 248 g/mol. The van der Waals surface area contributed by atoms with Crippen molar-refractivity contribution in [3.8, 4) is 0 Å². The van der Waals surface area contributed by atoms with E-state index in [-0.39, 0.29) is 5.56 Å². The first kappa shape index (κ1) is 10.9. The number of ether oxygens (including phenoxy) is 1. The summed E-state index contributed by atoms with van der Waals surface area (Å²) in [5.74, 6) is -0.511. The molecule has 14 heavy (non-hydrogen) atoms. The molecule has 0 atom stereocenters. The Bertz CT molecular complexity index is 385. The van der Waals surface area contributed by atoms with E-state index in [0.29, 0.717) is 16.3 Å². The molecule has 0 fully saturated rings. The number of halogens is 1. The van der Waals surface area contributed by atoms with Crippen LogP contribution < -0.4 is 0 Å². The van der Waals surface area contributed by atoms with Crippen LogP contribution in [0, 0.1) is 6.92 Å². The van der Waals surface area contributed by atoms with Gasteiger partial charge in [0.1, 0.15) is 0 Å². The summed E-state index contributed by atoms with van der Waals surface area (Å²) in [7, 11) is 1.28. The fraction of sp³-hybridized carbons (Fsp3) is 0.200. The number of benzene rings is 1. The van der Waals surface area contributed by atoms with Crippen LogP contribution in [0.5, 0.6) is 0 Å². The van der Waals surface area contributed by atoms with Crippen molar-refractivity contribution in [3.05, 3.63) is 33.3 Å². The number of rotatable bonds is 2. The number of methoxy groups -OCH3 is 1. The van der Waals surface area contributed by atoms with Crippen molar-refractivity contribution >= 4 is 28.2 Å². The lowest BCUT2D eigenvalue weighted by Crippen LogP contribution is -2.07. The highest BCUT2D eigenvalue weighted by Crippen LogP contribution is 2.23. The first-order valence-corrected chi connectivity index (χ1v) is 4.73. The predicted octanol–water partition coefficient (Wildman–Crippen LogP) is 2.36. The second-order valence-corrected chi connectivity index (χ2v) is 3.62. The summed E-state index contributed by atoms with van der Waals surface area (Å²) < 4.78 is 5.15. The van der Waals surface area contributed by atoms with Gasteiger partial charge in [-0.25, -0.2) is 4.79 Å². The Morgan fingerprint density at radius 1 is 1.50 bits per heavy atom. The Labute approximate surface area is 90.2 Å². The van der Waals surface area contributed by atoms with E-state index in [1.165, 1.54) is 7.11 Å². The standard InChI is InChI=1S/C10H9BrO3/c1-6-3-4-8(11)9(7(6)5-12)10(13)14-2/h3-5H,1-2H3. The summed E-state index contributed by atoms with van der Waals surface area (Å²) in [4.78, 5) is 22.1. The number of aryl methyl sites for hydroxylation is 1. The molecular formula is C10H9BrO3. The third-order valence-corrected chi connectivity index (χ3v) is 2.58. The topological polar surface area (TPSA) is 43.4 Å². The Morgan fingerprint density at radius 3 is 2.64 bits per heavy atom. The summed E-state index contributed by atoms with van der Waals surface area (Å²) in [6, 6.07) is 3.48. The van der Waals surface area contributed by atoms with Gasteiger partial charge in [0.25, 0.3) is 0 Å². The molecule has 3 nitrogen and oxygen atoms in total. The number of esters is 1. The zero-order valence-corrected chi connectivity index (χ0v) is 9.42. The molecule has 74 valence electrons. The Kier molecular flexibility index (Phi) is 3.41. The Hall–Kier alpha value is -1.16. The molecule has 0 amide bonds. The van der Waals surface area contributed by atoms with Crippen molar-refractivity contribution < 1.29 is 14.3 Å². The molecule has 0 bridgehead atoms. The van der Waals surface area contributed by atoms with Gasteiger partial charge >= 0.3 is 5.97 Å². The Morgan fingerprint density at radius 2 is 2.14 bits per heavy atom. The largest absolute Gasteiger partial charge is 0.465 e. The van der Waals surface area contributed by atoms with E-state index in [0.717, 1.165) is 5.56 Å². The molecule has 1 rings (SSSR count). The smallest absolute Gasteiger partial charge is 0.339 e. The van der Waals surface area contributed by atoms with E-state index in [2.05, 4.69) is 20.7 Å². The fourth-order valence-electron chi connectivity index (χ4n) is 1.16. The SMILES string of the molecule is COC(=O)c1c(Br)ccc(C)c1C=O. The van der Waals surface area contributed by atoms with Gasteiger partial charge in [0.05, 0.1) is 12.7 Å². The minimum Gasteiger partial charge on any atom is -0.465 e. The quantitative estimate of drug-likeness (QED) is 0.603. The third-order valence-electron chi connectivity index (χ3n) is 1.92. The van der Waals surface area contributed by atoms with Crippen LogP contribution in [0.3, 0.4) is 0 Å². The average Bonchev–Trinajstić information content (AvgIpc) is 2.19. The molecule has 1 aromatic carbocycles. The van der Waals surface area contributed by atoms with Crippen LogP contribution in [0.2, 0.25) is 0 Å². The molecule has 0 aliphatic carbocycles. The number of aldehydes is 1. The summed E-state index contributed by atoms with van der Waals surface area (Å²) in [6.45, 7) is 1.77. The molecule has 0 saturated heterocycles. The van der Waals surface area contributed by atoms with Crippen LogP contribution in [0.1, 0.15) is 26.3 Å². The lowest BCUT2D eigenvalue weighted by atomic mass is 10.0. The normalized spacial score (nSPS) is 9.64. The summed E-state index contributed by atoms with van der Waals surface area (Å²) >= 11 is 3.20. The van der Waals surface area contributed by atoms with Crippen molar-refractivity contribution in [1.82, 2.24) is 0 Å². The first-order chi connectivity index (χ1) is 6.61. The maximum atomic E-state index is 11.4. The molecule has 4 heteroatoms. The van der Waals surface area contributed by atoms with Crippen molar-refractivity contribution in [2.75, 3.05) is 7.11 Å².